The van der Waals surface area contributed by atoms with Crippen LogP contribution in [0.2, 0.25) is 15.1 Å². The van der Waals surface area contributed by atoms with Crippen molar-refractivity contribution in [1.82, 2.24) is 0 Å². The summed E-state index contributed by atoms with van der Waals surface area (Å²) in [7, 11) is 0. The number of rotatable bonds is 6. The number of phenols is 1. The number of carboxylic acids is 1. The summed E-state index contributed by atoms with van der Waals surface area (Å²) in [4.78, 5) is 10.6. The van der Waals surface area contributed by atoms with E-state index >= 15 is 0 Å². The molecule has 0 unspecified atom stereocenters. The molecule has 3 rings (SSSR count). The Balaban J connectivity index is 1.93. The van der Waals surface area contributed by atoms with Crippen molar-refractivity contribution >= 4 is 40.8 Å². The minimum atomic E-state index is -1.17. The van der Waals surface area contributed by atoms with Crippen molar-refractivity contribution in [1.29, 1.82) is 0 Å². The maximum absolute atomic E-state index is 13.7. The van der Waals surface area contributed by atoms with Crippen molar-refractivity contribution in [3.8, 4) is 22.6 Å². The minimum absolute atomic E-state index is 0.143. The van der Waals surface area contributed by atoms with Gasteiger partial charge in [0.1, 0.15) is 11.5 Å². The first-order chi connectivity index (χ1) is 14.2. The Bertz CT molecular complexity index is 1090. The Morgan fingerprint density at radius 3 is 2.23 bits per heavy atom. The maximum atomic E-state index is 13.7. The topological polar surface area (TPSA) is 66.8 Å². The van der Waals surface area contributed by atoms with E-state index in [0.29, 0.717) is 11.1 Å². The van der Waals surface area contributed by atoms with E-state index in [1.165, 1.54) is 24.3 Å². The van der Waals surface area contributed by atoms with E-state index in [9.17, 15) is 18.7 Å². The van der Waals surface area contributed by atoms with Crippen molar-refractivity contribution in [3.63, 3.8) is 0 Å². The summed E-state index contributed by atoms with van der Waals surface area (Å²) >= 11 is 18.3. The third-order valence-electron chi connectivity index (χ3n) is 4.21. The molecule has 30 heavy (non-hydrogen) atoms. The molecular weight excluding hydrogens is 461 g/mol. The highest BCUT2D eigenvalue weighted by Crippen LogP contribution is 2.36. The van der Waals surface area contributed by atoms with Gasteiger partial charge in [-0.05, 0) is 53.1 Å². The monoisotopic (exact) mass is 472 g/mol. The molecule has 0 aliphatic rings. The normalized spacial score (nSPS) is 10.8. The lowest BCUT2D eigenvalue weighted by molar-refractivity contribution is -0.139. The van der Waals surface area contributed by atoms with E-state index in [1.54, 1.807) is 12.1 Å². The van der Waals surface area contributed by atoms with Crippen molar-refractivity contribution in [2.45, 2.75) is 6.42 Å². The molecule has 4 nitrogen and oxygen atoms in total. The van der Waals surface area contributed by atoms with Crippen LogP contribution in [0.5, 0.6) is 11.5 Å². The second-order valence-electron chi connectivity index (χ2n) is 6.33. The molecule has 3 aromatic carbocycles. The van der Waals surface area contributed by atoms with Gasteiger partial charge in [0.15, 0.2) is 18.2 Å². The highest BCUT2D eigenvalue weighted by molar-refractivity contribution is 6.36. The summed E-state index contributed by atoms with van der Waals surface area (Å²) in [6.07, 6.45) is 0.252. The zero-order valence-corrected chi connectivity index (χ0v) is 17.3. The third-order valence-corrected chi connectivity index (χ3v) is 5.16. The van der Waals surface area contributed by atoms with Gasteiger partial charge in [0, 0.05) is 22.0 Å². The first-order valence-corrected chi connectivity index (χ1v) is 9.58. The maximum Gasteiger partial charge on any atom is 0.341 e. The van der Waals surface area contributed by atoms with E-state index < -0.39 is 29.2 Å². The summed E-state index contributed by atoms with van der Waals surface area (Å²) < 4.78 is 32.3. The van der Waals surface area contributed by atoms with Crippen molar-refractivity contribution in [2.24, 2.45) is 0 Å². The predicted octanol–water partition coefficient (Wildman–Crippen LogP) is 6.35. The summed E-state index contributed by atoms with van der Waals surface area (Å²) in [5, 5.41) is 19.0. The molecule has 156 valence electrons. The molecular formula is C21H13Cl3F2O4. The molecule has 0 saturated carbocycles. The highest BCUT2D eigenvalue weighted by Gasteiger charge is 2.15. The number of carboxylic acid groups (broad SMARTS) is 1. The number of aromatic hydroxyl groups is 1. The fourth-order valence-corrected chi connectivity index (χ4v) is 3.63. The van der Waals surface area contributed by atoms with Crippen LogP contribution in [0.3, 0.4) is 0 Å². The summed E-state index contributed by atoms with van der Waals surface area (Å²) in [5.41, 5.74) is 1.67. The van der Waals surface area contributed by atoms with Gasteiger partial charge in [-0.3, -0.25) is 0 Å². The third kappa shape index (κ3) is 4.95. The molecule has 0 saturated heterocycles. The van der Waals surface area contributed by atoms with Gasteiger partial charge in [0.05, 0.1) is 5.02 Å². The minimum Gasteiger partial charge on any atom is -0.507 e. The van der Waals surface area contributed by atoms with Crippen molar-refractivity contribution in [3.05, 3.63) is 80.3 Å². The fraction of sp³-hybridized carbons (Fsp3) is 0.0952. The lowest BCUT2D eigenvalue weighted by Crippen LogP contribution is -2.09. The first kappa shape index (κ1) is 22.2. The SMILES string of the molecule is O=C(O)COc1cc(Cl)c(Cc2ccc(O)c(-c3cc(F)c(F)c(Cl)c3)c2)c(Cl)c1. The Morgan fingerprint density at radius 1 is 0.967 bits per heavy atom. The molecule has 2 N–H and O–H groups in total. The quantitative estimate of drug-likeness (QED) is 0.409. The molecule has 0 heterocycles. The van der Waals surface area contributed by atoms with Gasteiger partial charge in [-0.15, -0.1) is 0 Å². The summed E-state index contributed by atoms with van der Waals surface area (Å²) in [6, 6.07) is 9.67. The van der Waals surface area contributed by atoms with Gasteiger partial charge in [-0.1, -0.05) is 40.9 Å². The van der Waals surface area contributed by atoms with E-state index in [-0.39, 0.29) is 39.1 Å². The number of aliphatic carboxylic acids is 1. The smallest absolute Gasteiger partial charge is 0.341 e. The standard InChI is InChI=1S/C21H13Cl3F2O4/c22-15-7-12(30-9-20(28)29)8-16(23)14(15)4-10-1-2-19(27)13(3-10)11-5-17(24)21(26)18(25)6-11/h1-3,5-8,27H,4,9H2,(H,28,29). The number of hydrogen-bond donors (Lipinski definition) is 2. The van der Waals surface area contributed by atoms with Crippen LogP contribution >= 0.6 is 34.8 Å². The molecule has 0 bridgehead atoms. The summed E-state index contributed by atoms with van der Waals surface area (Å²) in [6.45, 7) is -0.538. The highest BCUT2D eigenvalue weighted by atomic mass is 35.5. The molecule has 3 aromatic rings. The van der Waals surface area contributed by atoms with Gasteiger partial charge < -0.3 is 14.9 Å². The second kappa shape index (κ2) is 9.08. The van der Waals surface area contributed by atoms with Gasteiger partial charge >= 0.3 is 5.97 Å². The Kier molecular flexibility index (Phi) is 6.71. The van der Waals surface area contributed by atoms with Gasteiger partial charge in [0.2, 0.25) is 0 Å². The van der Waals surface area contributed by atoms with Crippen LogP contribution in [0.15, 0.2) is 42.5 Å². The number of carbonyl (C=O) groups is 1. The van der Waals surface area contributed by atoms with E-state index in [1.807, 2.05) is 0 Å². The zero-order chi connectivity index (χ0) is 22.0. The van der Waals surface area contributed by atoms with E-state index in [0.717, 1.165) is 6.07 Å². The molecule has 0 amide bonds. The van der Waals surface area contributed by atoms with Crippen LogP contribution in [0.4, 0.5) is 8.78 Å². The lowest BCUT2D eigenvalue weighted by Gasteiger charge is -2.13. The number of ether oxygens (including phenoxy) is 1. The summed E-state index contributed by atoms with van der Waals surface area (Å²) in [5.74, 6) is -3.38. The molecule has 0 aliphatic carbocycles. The number of hydrogen-bond acceptors (Lipinski definition) is 3. The van der Waals surface area contributed by atoms with Crippen molar-refractivity contribution < 1.29 is 28.5 Å². The van der Waals surface area contributed by atoms with Gasteiger partial charge in [-0.25, -0.2) is 13.6 Å². The molecule has 0 atom stereocenters. The molecule has 0 spiro atoms. The molecule has 0 radical (unpaired) electrons. The van der Waals surface area contributed by atoms with E-state index in [2.05, 4.69) is 0 Å². The lowest BCUT2D eigenvalue weighted by atomic mass is 9.98. The number of benzene rings is 3. The molecule has 0 aliphatic heterocycles. The van der Waals surface area contributed by atoms with Crippen molar-refractivity contribution in [2.75, 3.05) is 6.61 Å². The van der Waals surface area contributed by atoms with Gasteiger partial charge in [0.25, 0.3) is 0 Å². The average molecular weight is 474 g/mol. The fourth-order valence-electron chi connectivity index (χ4n) is 2.82. The average Bonchev–Trinajstić information content (AvgIpc) is 2.68. The molecule has 0 fully saturated rings. The largest absolute Gasteiger partial charge is 0.507 e. The Labute approximate surface area is 185 Å². The molecule has 9 heteroatoms. The first-order valence-electron chi connectivity index (χ1n) is 8.45. The van der Waals surface area contributed by atoms with Crippen LogP contribution in [-0.2, 0) is 11.2 Å². The van der Waals surface area contributed by atoms with Crippen LogP contribution in [-0.4, -0.2) is 22.8 Å². The Morgan fingerprint density at radius 2 is 1.63 bits per heavy atom. The Hall–Kier alpha value is -2.54. The van der Waals surface area contributed by atoms with Crippen LogP contribution in [0.1, 0.15) is 11.1 Å². The predicted molar refractivity (Wildman–Crippen MR) is 111 cm³/mol. The van der Waals surface area contributed by atoms with E-state index in [4.69, 9.17) is 44.6 Å². The van der Waals surface area contributed by atoms with Gasteiger partial charge in [-0.2, -0.15) is 0 Å². The van der Waals surface area contributed by atoms with Crippen LogP contribution < -0.4 is 4.74 Å². The second-order valence-corrected chi connectivity index (χ2v) is 7.55. The van der Waals surface area contributed by atoms with Crippen LogP contribution in [0, 0.1) is 11.6 Å². The molecule has 0 aromatic heterocycles. The van der Waals surface area contributed by atoms with Crippen LogP contribution in [0.25, 0.3) is 11.1 Å². The number of halogens is 5. The zero-order valence-electron chi connectivity index (χ0n) is 15.1. The number of phenolic OH excluding ortho intramolecular Hbond substituents is 1.